The number of rotatable bonds is 3. The zero-order valence-electron chi connectivity index (χ0n) is 9.40. The van der Waals surface area contributed by atoms with Crippen LogP contribution < -0.4 is 0 Å². The molecule has 0 atom stereocenters. The molecule has 0 amide bonds. The van der Waals surface area contributed by atoms with Crippen LogP contribution in [0.15, 0.2) is 0 Å². The fraction of sp³-hybridized carbons (Fsp3) is 1.00. The smallest absolute Gasteiger partial charge is 0.0566 e. The van der Waals surface area contributed by atoms with E-state index in [1.165, 1.54) is 0 Å². The van der Waals surface area contributed by atoms with Gasteiger partial charge in [0.05, 0.1) is 6.10 Å². The molecule has 0 heterocycles. The van der Waals surface area contributed by atoms with Gasteiger partial charge in [-0.1, -0.05) is 41.5 Å². The summed E-state index contributed by atoms with van der Waals surface area (Å²) in [5.41, 5.74) is 0. The molecule has 1 heteroatoms. The molecule has 0 aliphatic rings. The Morgan fingerprint density at radius 2 is 1.18 bits per heavy atom. The Hall–Kier alpha value is -0.0400. The fourth-order valence-corrected chi connectivity index (χ4v) is 0.622. The average molecular weight is 162 g/mol. The van der Waals surface area contributed by atoms with E-state index in [1.54, 1.807) is 7.11 Å². The molecule has 1 nitrogen and oxygen atoms in total. The van der Waals surface area contributed by atoms with E-state index in [1.807, 2.05) is 27.7 Å². The maximum Gasteiger partial charge on any atom is 0.0566 e. The van der Waals surface area contributed by atoms with Crippen LogP contribution in [-0.4, -0.2) is 13.2 Å². The highest BCUT2D eigenvalue weighted by Gasteiger charge is 1.96. The molecule has 0 aliphatic heterocycles. The van der Waals surface area contributed by atoms with Crippen molar-refractivity contribution in [1.29, 1.82) is 0 Å². The molecule has 0 fully saturated rings. The highest BCUT2D eigenvalue weighted by atomic mass is 16.5. The van der Waals surface area contributed by atoms with Crippen LogP contribution in [0.3, 0.4) is 0 Å². The third-order valence-electron chi connectivity index (χ3n) is 1.24. The van der Waals surface area contributed by atoms with Crippen molar-refractivity contribution < 1.29 is 4.74 Å². The summed E-state index contributed by atoms with van der Waals surface area (Å²) < 4.78 is 5.05. The maximum atomic E-state index is 5.05. The summed E-state index contributed by atoms with van der Waals surface area (Å²) in [7, 11) is 1.76. The largest absolute Gasteiger partial charge is 0.381 e. The molecule has 0 radical (unpaired) electrons. The molecule has 11 heavy (non-hydrogen) atoms. The second-order valence-electron chi connectivity index (χ2n) is 1.67. The summed E-state index contributed by atoms with van der Waals surface area (Å²) in [6.07, 6.45) is 2.75. The standard InChI is InChI=1S/C6H14O.2C2H6/c1-4-6(5-2)7-3;2*1-2/h6H,4-5H2,1-3H3;2*1-2H3. The SMILES string of the molecule is CC.CC.CCC(CC)OC. The van der Waals surface area contributed by atoms with Gasteiger partial charge in [-0.3, -0.25) is 0 Å². The van der Waals surface area contributed by atoms with Gasteiger partial charge in [-0.25, -0.2) is 0 Å². The summed E-state index contributed by atoms with van der Waals surface area (Å²) in [4.78, 5) is 0. The Balaban J connectivity index is -0.000000138. The highest BCUT2D eigenvalue weighted by molar-refractivity contribution is 4.47. The van der Waals surface area contributed by atoms with Crippen molar-refractivity contribution in [3.8, 4) is 0 Å². The van der Waals surface area contributed by atoms with Crippen molar-refractivity contribution in [2.24, 2.45) is 0 Å². The van der Waals surface area contributed by atoms with Crippen LogP contribution in [0.4, 0.5) is 0 Å². The third kappa shape index (κ3) is 17.8. The molecular weight excluding hydrogens is 136 g/mol. The van der Waals surface area contributed by atoms with E-state index in [0.29, 0.717) is 6.10 Å². The molecule has 0 aliphatic carbocycles. The molecule has 0 saturated carbocycles. The third-order valence-corrected chi connectivity index (χ3v) is 1.24. The molecule has 0 saturated heterocycles. The molecule has 0 bridgehead atoms. The minimum Gasteiger partial charge on any atom is -0.381 e. The molecule has 0 aromatic heterocycles. The Bertz CT molecular complexity index is 26.3. The van der Waals surface area contributed by atoms with Crippen molar-refractivity contribution in [3.63, 3.8) is 0 Å². The van der Waals surface area contributed by atoms with Gasteiger partial charge in [0.2, 0.25) is 0 Å². The summed E-state index contributed by atoms with van der Waals surface area (Å²) in [5.74, 6) is 0. The first kappa shape index (κ1) is 17.2. The number of methoxy groups -OCH3 is 1. The van der Waals surface area contributed by atoms with Crippen LogP contribution in [0, 0.1) is 0 Å². The van der Waals surface area contributed by atoms with Crippen LogP contribution in [0.5, 0.6) is 0 Å². The quantitative estimate of drug-likeness (QED) is 0.612. The fourth-order valence-electron chi connectivity index (χ4n) is 0.622. The summed E-state index contributed by atoms with van der Waals surface area (Å²) in [6, 6.07) is 0. The molecule has 0 spiro atoms. The van der Waals surface area contributed by atoms with Crippen molar-refractivity contribution >= 4 is 0 Å². The van der Waals surface area contributed by atoms with E-state index >= 15 is 0 Å². The summed E-state index contributed by atoms with van der Waals surface area (Å²) in [6.45, 7) is 12.3. The van der Waals surface area contributed by atoms with Gasteiger partial charge in [0.15, 0.2) is 0 Å². The second-order valence-corrected chi connectivity index (χ2v) is 1.67. The number of hydrogen-bond donors (Lipinski definition) is 0. The minimum atomic E-state index is 0.486. The zero-order valence-corrected chi connectivity index (χ0v) is 9.40. The van der Waals surface area contributed by atoms with E-state index in [9.17, 15) is 0 Å². The first-order valence-electron chi connectivity index (χ1n) is 4.87. The normalized spacial score (nSPS) is 7.64. The van der Waals surface area contributed by atoms with Gasteiger partial charge in [0.1, 0.15) is 0 Å². The van der Waals surface area contributed by atoms with Crippen LogP contribution >= 0.6 is 0 Å². The summed E-state index contributed by atoms with van der Waals surface area (Å²) >= 11 is 0. The van der Waals surface area contributed by atoms with Crippen molar-refractivity contribution in [2.75, 3.05) is 7.11 Å². The Morgan fingerprint density at radius 3 is 1.18 bits per heavy atom. The molecule has 0 N–H and O–H groups in total. The maximum absolute atomic E-state index is 5.05. The lowest BCUT2D eigenvalue weighted by Crippen LogP contribution is -2.05. The van der Waals surface area contributed by atoms with E-state index < -0.39 is 0 Å². The lowest BCUT2D eigenvalue weighted by molar-refractivity contribution is 0.0964. The van der Waals surface area contributed by atoms with Gasteiger partial charge in [0, 0.05) is 7.11 Å². The molecule has 0 aromatic rings. The molecule has 72 valence electrons. The van der Waals surface area contributed by atoms with Crippen molar-refractivity contribution in [1.82, 2.24) is 0 Å². The second kappa shape index (κ2) is 22.5. The predicted molar refractivity (Wildman–Crippen MR) is 54.1 cm³/mol. The monoisotopic (exact) mass is 162 g/mol. The zero-order chi connectivity index (χ0) is 9.70. The average Bonchev–Trinajstić information content (AvgIpc) is 2.14. The topological polar surface area (TPSA) is 9.23 Å². The van der Waals surface area contributed by atoms with Gasteiger partial charge < -0.3 is 4.74 Å². The number of ether oxygens (including phenoxy) is 1. The van der Waals surface area contributed by atoms with Crippen LogP contribution in [0.25, 0.3) is 0 Å². The first-order valence-corrected chi connectivity index (χ1v) is 4.87. The van der Waals surface area contributed by atoms with E-state index in [4.69, 9.17) is 4.74 Å². The van der Waals surface area contributed by atoms with Gasteiger partial charge in [-0.2, -0.15) is 0 Å². The van der Waals surface area contributed by atoms with Crippen LogP contribution in [0.2, 0.25) is 0 Å². The van der Waals surface area contributed by atoms with E-state index in [2.05, 4.69) is 13.8 Å². The molecule has 0 rings (SSSR count). The highest BCUT2D eigenvalue weighted by Crippen LogP contribution is 1.98. The Morgan fingerprint density at radius 1 is 0.909 bits per heavy atom. The molecule has 0 aromatic carbocycles. The first-order chi connectivity index (χ1) is 5.35. The minimum absolute atomic E-state index is 0.486. The molecular formula is C10H26O. The van der Waals surface area contributed by atoms with Crippen LogP contribution in [0.1, 0.15) is 54.4 Å². The van der Waals surface area contributed by atoms with Crippen LogP contribution in [-0.2, 0) is 4.74 Å². The lowest BCUT2D eigenvalue weighted by atomic mass is 10.2. The Labute approximate surface area is 73.1 Å². The van der Waals surface area contributed by atoms with E-state index in [-0.39, 0.29) is 0 Å². The van der Waals surface area contributed by atoms with Gasteiger partial charge in [0.25, 0.3) is 0 Å². The van der Waals surface area contributed by atoms with Gasteiger partial charge in [-0.05, 0) is 12.8 Å². The van der Waals surface area contributed by atoms with Gasteiger partial charge in [-0.15, -0.1) is 0 Å². The van der Waals surface area contributed by atoms with Gasteiger partial charge >= 0.3 is 0 Å². The lowest BCUT2D eigenvalue weighted by Gasteiger charge is -2.07. The summed E-state index contributed by atoms with van der Waals surface area (Å²) in [5, 5.41) is 0. The van der Waals surface area contributed by atoms with Crippen molar-refractivity contribution in [3.05, 3.63) is 0 Å². The Kier molecular flexibility index (Phi) is 35.1. The van der Waals surface area contributed by atoms with Crippen molar-refractivity contribution in [2.45, 2.75) is 60.5 Å². The predicted octanol–water partition coefficient (Wildman–Crippen LogP) is 3.87. The number of hydrogen-bond acceptors (Lipinski definition) is 1. The van der Waals surface area contributed by atoms with E-state index in [0.717, 1.165) is 12.8 Å². The molecule has 0 unspecified atom stereocenters.